The van der Waals surface area contributed by atoms with E-state index in [9.17, 15) is 0 Å². The molecule has 0 fully saturated rings. The van der Waals surface area contributed by atoms with Crippen molar-refractivity contribution in [2.24, 2.45) is 0 Å². The number of nitrogens with two attached hydrogens (primary N) is 1. The zero-order valence-corrected chi connectivity index (χ0v) is 15.3. The molecule has 28 heavy (non-hydrogen) atoms. The third kappa shape index (κ3) is 1.63. The third-order valence-corrected chi connectivity index (χ3v) is 6.50. The molecule has 0 bridgehead atoms. The summed E-state index contributed by atoms with van der Waals surface area (Å²) in [5.74, 6) is 2.16. The SMILES string of the molecule is Nc1cc2c3c(c4cccc5c4c(c3c1)-c1ccccc1-5)-c1bcccc1C2. The second kappa shape index (κ2) is 4.91. The molecule has 2 aliphatic carbocycles. The molecule has 4 aromatic carbocycles. The van der Waals surface area contributed by atoms with Gasteiger partial charge in [0.05, 0.1) is 0 Å². The van der Waals surface area contributed by atoms with Gasteiger partial charge in [-0.05, 0) is 0 Å². The zero-order chi connectivity index (χ0) is 18.4. The molecule has 7 rings (SSSR count). The van der Waals surface area contributed by atoms with Gasteiger partial charge in [0.1, 0.15) is 0 Å². The fourth-order valence-electron chi connectivity index (χ4n) is 5.50. The van der Waals surface area contributed by atoms with Gasteiger partial charge in [0.25, 0.3) is 0 Å². The summed E-state index contributed by atoms with van der Waals surface area (Å²) in [5, 5.41) is 5.41. The summed E-state index contributed by atoms with van der Waals surface area (Å²) in [6.45, 7) is 2.28. The molecular formula is C26H16BN. The molecule has 2 N–H and O–H groups in total. The first kappa shape index (κ1) is 14.6. The maximum absolute atomic E-state index is 6.40. The monoisotopic (exact) mass is 353 g/mol. The first-order chi connectivity index (χ1) is 13.8. The summed E-state index contributed by atoms with van der Waals surface area (Å²) in [4.78, 5) is 0. The molecule has 128 valence electrons. The van der Waals surface area contributed by atoms with E-state index in [0.29, 0.717) is 0 Å². The van der Waals surface area contributed by atoms with Crippen molar-refractivity contribution in [3.8, 4) is 33.3 Å². The molecule has 0 unspecified atom stereocenters. The summed E-state index contributed by atoms with van der Waals surface area (Å²) < 4.78 is 0. The molecule has 5 aromatic rings. The zero-order valence-electron chi connectivity index (χ0n) is 15.3. The second-order valence-electron chi connectivity index (χ2n) is 7.96. The fraction of sp³-hybridized carbons (Fsp3) is 0.0385. The Morgan fingerprint density at radius 3 is 2.46 bits per heavy atom. The van der Waals surface area contributed by atoms with E-state index < -0.39 is 0 Å². The summed E-state index contributed by atoms with van der Waals surface area (Å²) in [7, 11) is 0. The molecule has 2 aliphatic rings. The van der Waals surface area contributed by atoms with Gasteiger partial charge in [0.2, 0.25) is 0 Å². The molecule has 0 saturated carbocycles. The fourth-order valence-corrected chi connectivity index (χ4v) is 5.50. The summed E-state index contributed by atoms with van der Waals surface area (Å²) in [5.41, 5.74) is 18.1. The van der Waals surface area contributed by atoms with Crippen molar-refractivity contribution in [2.45, 2.75) is 6.42 Å². The topological polar surface area (TPSA) is 26.0 Å². The average molecular weight is 353 g/mol. The number of benzene rings is 4. The van der Waals surface area contributed by atoms with E-state index in [0.717, 1.165) is 12.1 Å². The minimum absolute atomic E-state index is 0.852. The molecule has 1 aromatic heterocycles. The van der Waals surface area contributed by atoms with Crippen LogP contribution in [0, 0.1) is 0 Å². The first-order valence-corrected chi connectivity index (χ1v) is 9.80. The van der Waals surface area contributed by atoms with Gasteiger partial charge in [-0.15, -0.1) is 0 Å². The van der Waals surface area contributed by atoms with Crippen molar-refractivity contribution in [3.63, 3.8) is 0 Å². The van der Waals surface area contributed by atoms with E-state index >= 15 is 0 Å². The van der Waals surface area contributed by atoms with Crippen LogP contribution in [-0.4, -0.2) is 6.91 Å². The van der Waals surface area contributed by atoms with Crippen molar-refractivity contribution in [1.82, 2.24) is 0 Å². The van der Waals surface area contributed by atoms with Gasteiger partial charge in [-0.2, -0.15) is 0 Å². The number of rotatable bonds is 0. The van der Waals surface area contributed by atoms with Crippen LogP contribution in [-0.2, 0) is 6.42 Å². The number of fused-ring (bicyclic) bond motifs is 7. The second-order valence-corrected chi connectivity index (χ2v) is 7.96. The van der Waals surface area contributed by atoms with E-state index in [2.05, 4.69) is 79.6 Å². The van der Waals surface area contributed by atoms with Crippen LogP contribution in [0.2, 0.25) is 0 Å². The molecule has 1 nitrogen and oxygen atoms in total. The van der Waals surface area contributed by atoms with Crippen molar-refractivity contribution in [1.29, 1.82) is 0 Å². The predicted octanol–water partition coefficient (Wildman–Crippen LogP) is 6.13. The molecule has 0 saturated heterocycles. The predicted molar refractivity (Wildman–Crippen MR) is 120 cm³/mol. The number of hydrogen-bond donors (Lipinski definition) is 1. The van der Waals surface area contributed by atoms with E-state index in [1.165, 1.54) is 65.9 Å². The standard InChI is InChI=1S/C26H16BN/c28-16-12-15-11-14-5-4-10-27-26(14)25-20-9-3-8-19-17-6-1-2-7-18(17)24(23(19)20)21(13-16)22(15)25/h1-10,12-13H,11,28H2. The van der Waals surface area contributed by atoms with Gasteiger partial charge in [0, 0.05) is 0 Å². The Bertz CT molecular complexity index is 1500. The average Bonchev–Trinajstić information content (AvgIpc) is 3.06. The van der Waals surface area contributed by atoms with Crippen LogP contribution in [0.5, 0.6) is 0 Å². The molecule has 2 heteroatoms. The Hall–Kier alpha value is -3.39. The van der Waals surface area contributed by atoms with Crippen LogP contribution in [0.15, 0.2) is 72.7 Å². The van der Waals surface area contributed by atoms with Crippen molar-refractivity contribution in [2.75, 3.05) is 5.73 Å². The molecule has 0 amide bonds. The van der Waals surface area contributed by atoms with Crippen molar-refractivity contribution in [3.05, 3.63) is 83.8 Å². The molecular weight excluding hydrogens is 337 g/mol. The van der Waals surface area contributed by atoms with Crippen LogP contribution in [0.4, 0.5) is 5.69 Å². The Morgan fingerprint density at radius 1 is 0.679 bits per heavy atom. The minimum atomic E-state index is 0.852. The maximum atomic E-state index is 6.40. The number of hydrogen-bond acceptors (Lipinski definition) is 1. The van der Waals surface area contributed by atoms with E-state index in [4.69, 9.17) is 5.73 Å². The van der Waals surface area contributed by atoms with Crippen molar-refractivity contribution < 1.29 is 0 Å². The molecule has 0 atom stereocenters. The first-order valence-electron chi connectivity index (χ1n) is 9.80. The normalized spacial score (nSPS) is 12.9. The number of anilines is 1. The molecule has 0 radical (unpaired) electrons. The molecule has 1 heterocycles. The van der Waals surface area contributed by atoms with E-state index in [1.807, 2.05) is 0 Å². The van der Waals surface area contributed by atoms with Crippen LogP contribution in [0.1, 0.15) is 11.1 Å². The Kier molecular flexibility index (Phi) is 2.57. The van der Waals surface area contributed by atoms with Crippen molar-refractivity contribution >= 4 is 34.1 Å². The summed E-state index contributed by atoms with van der Waals surface area (Å²) >= 11 is 0. The van der Waals surface area contributed by atoms with Gasteiger partial charge in [-0.3, -0.25) is 0 Å². The summed E-state index contributed by atoms with van der Waals surface area (Å²) in [6.07, 6.45) is 0.941. The quantitative estimate of drug-likeness (QED) is 0.257. The van der Waals surface area contributed by atoms with Gasteiger partial charge >= 0.3 is 163 Å². The third-order valence-electron chi connectivity index (χ3n) is 6.50. The van der Waals surface area contributed by atoms with E-state index in [1.54, 1.807) is 0 Å². The Balaban J connectivity index is 1.83. The van der Waals surface area contributed by atoms with Crippen LogP contribution < -0.4 is 5.73 Å². The van der Waals surface area contributed by atoms with Gasteiger partial charge < -0.3 is 0 Å². The van der Waals surface area contributed by atoms with Gasteiger partial charge in [-0.25, -0.2) is 0 Å². The number of nitrogen functional groups attached to an aromatic ring is 1. The van der Waals surface area contributed by atoms with E-state index in [-0.39, 0.29) is 0 Å². The van der Waals surface area contributed by atoms with Crippen LogP contribution in [0.3, 0.4) is 0 Å². The Morgan fingerprint density at radius 2 is 1.54 bits per heavy atom. The van der Waals surface area contributed by atoms with Crippen LogP contribution in [0.25, 0.3) is 54.8 Å². The molecule has 0 spiro atoms. The molecule has 0 aliphatic heterocycles. The van der Waals surface area contributed by atoms with Gasteiger partial charge in [-0.1, -0.05) is 0 Å². The van der Waals surface area contributed by atoms with Gasteiger partial charge in [0.15, 0.2) is 0 Å². The summed E-state index contributed by atoms with van der Waals surface area (Å²) in [6, 6.07) is 24.3. The Labute approximate surface area is 163 Å². The van der Waals surface area contributed by atoms with Crippen LogP contribution >= 0.6 is 0 Å².